The van der Waals surface area contributed by atoms with Gasteiger partial charge in [-0.25, -0.2) is 4.39 Å². The first-order chi connectivity index (χ1) is 12.8. The molecule has 1 N–H and O–H groups in total. The van der Waals surface area contributed by atoms with E-state index in [2.05, 4.69) is 15.1 Å². The Kier molecular flexibility index (Phi) is 7.74. The van der Waals surface area contributed by atoms with Gasteiger partial charge < -0.3 is 10.2 Å². The molecule has 1 aliphatic rings. The lowest BCUT2D eigenvalue weighted by molar-refractivity contribution is -0.136. The van der Waals surface area contributed by atoms with E-state index in [1.165, 1.54) is 12.1 Å². The first kappa shape index (κ1) is 21.3. The Balaban J connectivity index is 1.76. The number of amides is 2. The quantitative estimate of drug-likeness (QED) is 0.789. The van der Waals surface area contributed by atoms with Gasteiger partial charge in [0.25, 0.3) is 0 Å². The third-order valence-corrected chi connectivity index (χ3v) is 4.70. The molecule has 1 heterocycles. The summed E-state index contributed by atoms with van der Waals surface area (Å²) in [6.07, 6.45) is 0. The van der Waals surface area contributed by atoms with Crippen molar-refractivity contribution in [2.45, 2.75) is 39.8 Å². The van der Waals surface area contributed by atoms with E-state index < -0.39 is 0 Å². The van der Waals surface area contributed by atoms with Gasteiger partial charge in [-0.05, 0) is 45.9 Å². The lowest BCUT2D eigenvalue weighted by atomic mass is 10.2. The molecule has 0 atom stereocenters. The van der Waals surface area contributed by atoms with Gasteiger partial charge in [0.2, 0.25) is 11.8 Å². The van der Waals surface area contributed by atoms with Crippen LogP contribution >= 0.6 is 0 Å². The molecule has 27 heavy (non-hydrogen) atoms. The van der Waals surface area contributed by atoms with Gasteiger partial charge in [0.15, 0.2) is 0 Å². The van der Waals surface area contributed by atoms with Crippen LogP contribution in [0.25, 0.3) is 0 Å². The molecule has 1 aliphatic heterocycles. The molecule has 0 saturated carbocycles. The number of hydrogen-bond acceptors (Lipinski definition) is 4. The number of carbonyl (C=O) groups is 2. The van der Waals surface area contributed by atoms with Gasteiger partial charge in [0, 0.05) is 44.0 Å². The van der Waals surface area contributed by atoms with Crippen LogP contribution in [-0.2, 0) is 9.59 Å². The van der Waals surface area contributed by atoms with E-state index in [0.717, 1.165) is 26.2 Å². The molecule has 0 aromatic heterocycles. The number of carbonyl (C=O) groups excluding carboxylic acids is 2. The van der Waals surface area contributed by atoms with Crippen LogP contribution < -0.4 is 5.32 Å². The molecule has 1 aromatic rings. The maximum absolute atomic E-state index is 13.2. The SMILES string of the molecule is CC(C)N(C(=O)CN1CCN(CC(=O)Nc2cccc(F)c2)CC1)C(C)C. The van der Waals surface area contributed by atoms with Crippen molar-refractivity contribution in [3.63, 3.8) is 0 Å². The number of piperazine rings is 1. The van der Waals surface area contributed by atoms with E-state index in [1.54, 1.807) is 12.1 Å². The third-order valence-electron chi connectivity index (χ3n) is 4.70. The topological polar surface area (TPSA) is 55.9 Å². The molecule has 0 bridgehead atoms. The number of halogens is 1. The Morgan fingerprint density at radius 2 is 1.59 bits per heavy atom. The summed E-state index contributed by atoms with van der Waals surface area (Å²) in [6.45, 7) is 11.8. The monoisotopic (exact) mass is 378 g/mol. The van der Waals surface area contributed by atoms with Crippen molar-refractivity contribution in [2.24, 2.45) is 0 Å². The smallest absolute Gasteiger partial charge is 0.238 e. The zero-order chi connectivity index (χ0) is 20.0. The van der Waals surface area contributed by atoms with Gasteiger partial charge in [0.1, 0.15) is 5.82 Å². The highest BCUT2D eigenvalue weighted by molar-refractivity contribution is 5.92. The minimum absolute atomic E-state index is 0.150. The van der Waals surface area contributed by atoms with E-state index in [0.29, 0.717) is 12.2 Å². The maximum Gasteiger partial charge on any atom is 0.238 e. The number of nitrogens with zero attached hydrogens (tertiary/aromatic N) is 3. The Morgan fingerprint density at radius 3 is 2.11 bits per heavy atom. The molecule has 150 valence electrons. The van der Waals surface area contributed by atoms with Gasteiger partial charge in [-0.15, -0.1) is 0 Å². The van der Waals surface area contributed by atoms with Crippen molar-refractivity contribution >= 4 is 17.5 Å². The van der Waals surface area contributed by atoms with E-state index in [1.807, 2.05) is 32.6 Å². The minimum atomic E-state index is -0.372. The molecule has 6 nitrogen and oxygen atoms in total. The summed E-state index contributed by atoms with van der Waals surface area (Å²) >= 11 is 0. The molecule has 0 spiro atoms. The van der Waals surface area contributed by atoms with E-state index >= 15 is 0 Å². The summed E-state index contributed by atoms with van der Waals surface area (Å²) in [4.78, 5) is 30.8. The van der Waals surface area contributed by atoms with Gasteiger partial charge in [-0.2, -0.15) is 0 Å². The number of hydrogen-bond donors (Lipinski definition) is 1. The normalized spacial score (nSPS) is 16.0. The first-order valence-corrected chi connectivity index (χ1v) is 9.57. The lowest BCUT2D eigenvalue weighted by Crippen LogP contribution is -2.53. The summed E-state index contributed by atoms with van der Waals surface area (Å²) in [5.74, 6) is -0.379. The number of rotatable bonds is 7. The maximum atomic E-state index is 13.2. The summed E-state index contributed by atoms with van der Waals surface area (Å²) in [7, 11) is 0. The van der Waals surface area contributed by atoms with Crippen molar-refractivity contribution in [1.29, 1.82) is 0 Å². The standard InChI is InChI=1S/C20H31FN4O2/c1-15(2)25(16(3)4)20(27)14-24-10-8-23(9-11-24)13-19(26)22-18-7-5-6-17(21)12-18/h5-7,12,15-16H,8-11,13-14H2,1-4H3,(H,22,26). The van der Waals surface area contributed by atoms with Crippen LogP contribution in [0.3, 0.4) is 0 Å². The molecule has 2 amide bonds. The molecule has 1 fully saturated rings. The highest BCUT2D eigenvalue weighted by Crippen LogP contribution is 2.11. The predicted octanol–water partition coefficient (Wildman–Crippen LogP) is 2.03. The van der Waals surface area contributed by atoms with E-state index in [9.17, 15) is 14.0 Å². The zero-order valence-corrected chi connectivity index (χ0v) is 16.7. The fourth-order valence-electron chi connectivity index (χ4n) is 3.52. The Morgan fingerprint density at radius 1 is 1.04 bits per heavy atom. The fourth-order valence-corrected chi connectivity index (χ4v) is 3.52. The average molecular weight is 378 g/mol. The third kappa shape index (κ3) is 6.59. The molecule has 1 aromatic carbocycles. The molecule has 0 radical (unpaired) electrons. The second-order valence-corrected chi connectivity index (χ2v) is 7.60. The molecule has 7 heteroatoms. The van der Waals surface area contributed by atoms with E-state index in [-0.39, 0.29) is 36.3 Å². The molecule has 0 aliphatic carbocycles. The van der Waals surface area contributed by atoms with Crippen LogP contribution in [0.2, 0.25) is 0 Å². The molecule has 0 unspecified atom stereocenters. The second-order valence-electron chi connectivity index (χ2n) is 7.60. The van der Waals surface area contributed by atoms with Crippen LogP contribution in [0, 0.1) is 5.82 Å². The van der Waals surface area contributed by atoms with Gasteiger partial charge in [0.05, 0.1) is 13.1 Å². The van der Waals surface area contributed by atoms with Crippen LogP contribution in [0.1, 0.15) is 27.7 Å². The fraction of sp³-hybridized carbons (Fsp3) is 0.600. The lowest BCUT2D eigenvalue weighted by Gasteiger charge is -2.37. The van der Waals surface area contributed by atoms with Gasteiger partial charge in [-0.3, -0.25) is 19.4 Å². The number of nitrogens with one attached hydrogen (secondary N) is 1. The first-order valence-electron chi connectivity index (χ1n) is 9.57. The van der Waals surface area contributed by atoms with Gasteiger partial charge >= 0.3 is 0 Å². The summed E-state index contributed by atoms with van der Waals surface area (Å²) in [5.41, 5.74) is 0.465. The number of benzene rings is 1. The van der Waals surface area contributed by atoms with Crippen LogP contribution in [0.4, 0.5) is 10.1 Å². The highest BCUT2D eigenvalue weighted by Gasteiger charge is 2.25. The second kappa shape index (κ2) is 9.80. The summed E-state index contributed by atoms with van der Waals surface area (Å²) in [6, 6.07) is 6.25. The van der Waals surface area contributed by atoms with Crippen molar-refractivity contribution in [2.75, 3.05) is 44.6 Å². The molecular weight excluding hydrogens is 347 g/mol. The van der Waals surface area contributed by atoms with Crippen LogP contribution in [-0.4, -0.2) is 77.9 Å². The largest absolute Gasteiger partial charge is 0.337 e. The van der Waals surface area contributed by atoms with Gasteiger partial charge in [-0.1, -0.05) is 6.07 Å². The Hall–Kier alpha value is -1.99. The van der Waals surface area contributed by atoms with E-state index in [4.69, 9.17) is 0 Å². The highest BCUT2D eigenvalue weighted by atomic mass is 19.1. The minimum Gasteiger partial charge on any atom is -0.337 e. The molecule has 1 saturated heterocycles. The predicted molar refractivity (Wildman–Crippen MR) is 105 cm³/mol. The van der Waals surface area contributed by atoms with Crippen LogP contribution in [0.5, 0.6) is 0 Å². The Labute approximate surface area is 161 Å². The average Bonchev–Trinajstić information content (AvgIpc) is 2.55. The van der Waals surface area contributed by atoms with Crippen LogP contribution in [0.15, 0.2) is 24.3 Å². The molecular formula is C20H31FN4O2. The molecule has 2 rings (SSSR count). The van der Waals surface area contributed by atoms with Crippen molar-refractivity contribution in [3.05, 3.63) is 30.1 Å². The van der Waals surface area contributed by atoms with Crippen molar-refractivity contribution in [1.82, 2.24) is 14.7 Å². The zero-order valence-electron chi connectivity index (χ0n) is 16.7. The number of anilines is 1. The Bertz CT molecular complexity index is 635. The van der Waals surface area contributed by atoms with Crippen molar-refractivity contribution < 1.29 is 14.0 Å². The summed E-state index contributed by atoms with van der Waals surface area (Å²) < 4.78 is 13.2. The summed E-state index contributed by atoms with van der Waals surface area (Å²) in [5, 5.41) is 2.72. The van der Waals surface area contributed by atoms with Crippen molar-refractivity contribution in [3.8, 4) is 0 Å².